The van der Waals surface area contributed by atoms with Crippen LogP contribution >= 0.6 is 0 Å². The minimum atomic E-state index is -0.252. The van der Waals surface area contributed by atoms with E-state index in [0.29, 0.717) is 25.5 Å². The molecule has 0 aliphatic carbocycles. The first-order valence-electron chi connectivity index (χ1n) is 7.49. The molecule has 1 aliphatic heterocycles. The number of hydrogen-bond acceptors (Lipinski definition) is 3. The van der Waals surface area contributed by atoms with E-state index in [1.807, 2.05) is 0 Å². The van der Waals surface area contributed by atoms with Crippen molar-refractivity contribution in [1.82, 2.24) is 4.90 Å². The molecule has 0 aromatic heterocycles. The highest BCUT2D eigenvalue weighted by molar-refractivity contribution is 5.86. The van der Waals surface area contributed by atoms with Gasteiger partial charge in [0.15, 0.2) is 0 Å². The second kappa shape index (κ2) is 8.18. The molecular formula is C15H27NO3. The third-order valence-electron chi connectivity index (χ3n) is 3.38. The third-order valence-corrected chi connectivity index (χ3v) is 3.38. The molecule has 0 spiro atoms. The second-order valence-corrected chi connectivity index (χ2v) is 5.82. The summed E-state index contributed by atoms with van der Waals surface area (Å²) in [6, 6.07) is 0. The summed E-state index contributed by atoms with van der Waals surface area (Å²) >= 11 is 0. The highest BCUT2D eigenvalue weighted by Gasteiger charge is 2.35. The molecule has 4 nitrogen and oxygen atoms in total. The summed E-state index contributed by atoms with van der Waals surface area (Å²) in [6.45, 7) is 8.07. The Bertz CT molecular complexity index is 302. The van der Waals surface area contributed by atoms with Gasteiger partial charge in [-0.05, 0) is 12.3 Å². The molecule has 1 unspecified atom stereocenters. The molecule has 110 valence electrons. The molecule has 1 aliphatic rings. The average Bonchev–Trinajstić information content (AvgIpc) is 2.70. The van der Waals surface area contributed by atoms with Gasteiger partial charge in [0.25, 0.3) is 0 Å². The van der Waals surface area contributed by atoms with Gasteiger partial charge in [-0.2, -0.15) is 0 Å². The molecule has 0 aromatic rings. The van der Waals surface area contributed by atoms with E-state index in [1.165, 1.54) is 12.8 Å². The summed E-state index contributed by atoms with van der Waals surface area (Å²) in [4.78, 5) is 25.4. The van der Waals surface area contributed by atoms with Crippen LogP contribution in [-0.2, 0) is 14.3 Å². The first-order valence-corrected chi connectivity index (χ1v) is 7.49. The first-order chi connectivity index (χ1) is 9.04. The van der Waals surface area contributed by atoms with Gasteiger partial charge in [0, 0.05) is 19.5 Å². The molecule has 0 saturated carbocycles. The molecule has 1 amide bonds. The maximum Gasteiger partial charge on any atom is 0.311 e. The highest BCUT2D eigenvalue weighted by Crippen LogP contribution is 2.20. The summed E-state index contributed by atoms with van der Waals surface area (Å²) in [6.07, 6.45) is 4.71. The van der Waals surface area contributed by atoms with Crippen LogP contribution in [0.4, 0.5) is 0 Å². The van der Waals surface area contributed by atoms with E-state index in [0.717, 1.165) is 19.4 Å². The zero-order chi connectivity index (χ0) is 14.3. The van der Waals surface area contributed by atoms with Gasteiger partial charge in [0.2, 0.25) is 5.91 Å². The molecule has 1 saturated heterocycles. The quantitative estimate of drug-likeness (QED) is 0.502. The number of hydrogen-bond donors (Lipinski definition) is 0. The summed E-state index contributed by atoms with van der Waals surface area (Å²) in [5.74, 6) is 0.0722. The van der Waals surface area contributed by atoms with Crippen LogP contribution in [-0.4, -0.2) is 36.5 Å². The molecule has 0 bridgehead atoms. The Morgan fingerprint density at radius 1 is 1.37 bits per heavy atom. The minimum absolute atomic E-state index is 0.0848. The maximum atomic E-state index is 11.9. The van der Waals surface area contributed by atoms with Crippen LogP contribution in [0.1, 0.15) is 52.9 Å². The van der Waals surface area contributed by atoms with Crippen molar-refractivity contribution < 1.29 is 14.3 Å². The summed E-state index contributed by atoms with van der Waals surface area (Å²) in [7, 11) is 0. The second-order valence-electron chi connectivity index (χ2n) is 5.82. The molecule has 0 aromatic carbocycles. The van der Waals surface area contributed by atoms with Crippen LogP contribution in [0.2, 0.25) is 0 Å². The number of unbranched alkanes of at least 4 members (excludes halogenated alkanes) is 3. The van der Waals surface area contributed by atoms with E-state index in [9.17, 15) is 9.59 Å². The van der Waals surface area contributed by atoms with Crippen molar-refractivity contribution in [3.05, 3.63) is 0 Å². The van der Waals surface area contributed by atoms with E-state index in [2.05, 4.69) is 20.8 Å². The number of carbonyl (C=O) groups excluding carboxylic acids is 2. The van der Waals surface area contributed by atoms with E-state index < -0.39 is 0 Å². The van der Waals surface area contributed by atoms with Crippen LogP contribution in [0.5, 0.6) is 0 Å². The molecule has 19 heavy (non-hydrogen) atoms. The van der Waals surface area contributed by atoms with Crippen molar-refractivity contribution >= 4 is 11.9 Å². The fourth-order valence-electron chi connectivity index (χ4n) is 2.37. The van der Waals surface area contributed by atoms with Crippen molar-refractivity contribution in [2.75, 3.05) is 19.7 Å². The topological polar surface area (TPSA) is 46.6 Å². The largest absolute Gasteiger partial charge is 0.465 e. The number of amides is 1. The Morgan fingerprint density at radius 3 is 2.74 bits per heavy atom. The van der Waals surface area contributed by atoms with Gasteiger partial charge in [0.1, 0.15) is 0 Å². The first kappa shape index (κ1) is 16.0. The van der Waals surface area contributed by atoms with Crippen molar-refractivity contribution in [3.8, 4) is 0 Å². The van der Waals surface area contributed by atoms with Crippen LogP contribution in [0, 0.1) is 11.8 Å². The number of carbonyl (C=O) groups is 2. The smallest absolute Gasteiger partial charge is 0.311 e. The molecule has 1 heterocycles. The Morgan fingerprint density at radius 2 is 2.11 bits per heavy atom. The average molecular weight is 269 g/mol. The molecule has 0 N–H and O–H groups in total. The van der Waals surface area contributed by atoms with E-state index in [4.69, 9.17) is 4.74 Å². The Labute approximate surface area is 116 Å². The fourth-order valence-corrected chi connectivity index (χ4v) is 2.37. The van der Waals surface area contributed by atoms with E-state index in [1.54, 1.807) is 4.90 Å². The van der Waals surface area contributed by atoms with Crippen LogP contribution < -0.4 is 0 Å². The Hall–Kier alpha value is -1.06. The summed E-state index contributed by atoms with van der Waals surface area (Å²) in [5, 5.41) is 0. The standard InChI is InChI=1S/C15H27NO3/c1-4-5-6-7-8-19-15(18)13-9-14(17)16(11-13)10-12(2)3/h12-13H,4-11H2,1-3H3. The predicted molar refractivity (Wildman–Crippen MR) is 74.6 cm³/mol. The predicted octanol–water partition coefficient (Wildman–Crippen LogP) is 2.61. The lowest BCUT2D eigenvalue weighted by atomic mass is 10.1. The minimum Gasteiger partial charge on any atom is -0.465 e. The highest BCUT2D eigenvalue weighted by atomic mass is 16.5. The lowest BCUT2D eigenvalue weighted by molar-refractivity contribution is -0.148. The van der Waals surface area contributed by atoms with Crippen molar-refractivity contribution in [2.24, 2.45) is 11.8 Å². The summed E-state index contributed by atoms with van der Waals surface area (Å²) in [5.41, 5.74) is 0. The fraction of sp³-hybridized carbons (Fsp3) is 0.867. The van der Waals surface area contributed by atoms with Gasteiger partial charge in [-0.15, -0.1) is 0 Å². The molecule has 1 rings (SSSR count). The number of rotatable bonds is 8. The van der Waals surface area contributed by atoms with Crippen LogP contribution in [0.3, 0.4) is 0 Å². The van der Waals surface area contributed by atoms with Crippen molar-refractivity contribution in [2.45, 2.75) is 52.9 Å². The Balaban J connectivity index is 2.25. The maximum absolute atomic E-state index is 11.9. The number of nitrogens with zero attached hydrogens (tertiary/aromatic N) is 1. The van der Waals surface area contributed by atoms with Gasteiger partial charge < -0.3 is 9.64 Å². The van der Waals surface area contributed by atoms with Crippen LogP contribution in [0.25, 0.3) is 0 Å². The zero-order valence-electron chi connectivity index (χ0n) is 12.5. The Kier molecular flexibility index (Phi) is 6.89. The van der Waals surface area contributed by atoms with Crippen LogP contribution in [0.15, 0.2) is 0 Å². The molecule has 1 fully saturated rings. The zero-order valence-corrected chi connectivity index (χ0v) is 12.5. The monoisotopic (exact) mass is 269 g/mol. The SMILES string of the molecule is CCCCCCOC(=O)C1CC(=O)N(CC(C)C)C1. The van der Waals surface area contributed by atoms with E-state index in [-0.39, 0.29) is 17.8 Å². The van der Waals surface area contributed by atoms with E-state index >= 15 is 0 Å². The van der Waals surface area contributed by atoms with Gasteiger partial charge in [-0.3, -0.25) is 9.59 Å². The molecule has 0 radical (unpaired) electrons. The molecule has 4 heteroatoms. The third kappa shape index (κ3) is 5.62. The van der Waals surface area contributed by atoms with Gasteiger partial charge >= 0.3 is 5.97 Å². The van der Waals surface area contributed by atoms with Crippen molar-refractivity contribution in [1.29, 1.82) is 0 Å². The number of ether oxygens (including phenoxy) is 1. The number of esters is 1. The lowest BCUT2D eigenvalue weighted by Gasteiger charge is -2.18. The summed E-state index contributed by atoms with van der Waals surface area (Å²) < 4.78 is 5.26. The van der Waals surface area contributed by atoms with Gasteiger partial charge in [0.05, 0.1) is 12.5 Å². The molecular weight excluding hydrogens is 242 g/mol. The molecule has 1 atom stereocenters. The number of likely N-dealkylation sites (tertiary alicyclic amines) is 1. The van der Waals surface area contributed by atoms with Crippen molar-refractivity contribution in [3.63, 3.8) is 0 Å². The lowest BCUT2D eigenvalue weighted by Crippen LogP contribution is -2.30. The van der Waals surface area contributed by atoms with Gasteiger partial charge in [-0.1, -0.05) is 40.0 Å². The normalized spacial score (nSPS) is 19.3. The van der Waals surface area contributed by atoms with Gasteiger partial charge in [-0.25, -0.2) is 0 Å².